The fourth-order valence-corrected chi connectivity index (χ4v) is 1.91. The number of anilines is 2. The van der Waals surface area contributed by atoms with Gasteiger partial charge in [-0.1, -0.05) is 13.8 Å². The van der Waals surface area contributed by atoms with E-state index < -0.39 is 0 Å². The lowest BCUT2D eigenvalue weighted by Gasteiger charge is -2.14. The van der Waals surface area contributed by atoms with Crippen molar-refractivity contribution in [3.8, 4) is 0 Å². The van der Waals surface area contributed by atoms with Crippen LogP contribution in [0.5, 0.6) is 0 Å². The minimum absolute atomic E-state index is 0.622. The van der Waals surface area contributed by atoms with Crippen LogP contribution in [0.1, 0.15) is 37.4 Å². The van der Waals surface area contributed by atoms with Gasteiger partial charge in [-0.2, -0.15) is 0 Å². The summed E-state index contributed by atoms with van der Waals surface area (Å²) in [7, 11) is 0. The van der Waals surface area contributed by atoms with Crippen molar-refractivity contribution in [1.29, 1.82) is 0 Å². The van der Waals surface area contributed by atoms with Crippen molar-refractivity contribution >= 4 is 11.6 Å². The fraction of sp³-hybridized carbons (Fsp3) is 0.467. The van der Waals surface area contributed by atoms with Crippen LogP contribution < -0.4 is 10.6 Å². The molecular weight excluding hydrogens is 264 g/mol. The predicted molar refractivity (Wildman–Crippen MR) is 84.3 cm³/mol. The molecule has 0 radical (unpaired) electrons. The molecule has 0 saturated carbocycles. The Hall–Kier alpha value is -2.24. The van der Waals surface area contributed by atoms with Gasteiger partial charge in [0.05, 0.1) is 12.2 Å². The average molecular weight is 286 g/mol. The zero-order valence-corrected chi connectivity index (χ0v) is 12.8. The monoisotopic (exact) mass is 286 g/mol. The molecule has 0 unspecified atom stereocenters. The zero-order chi connectivity index (χ0) is 15.1. The SMILES string of the molecule is CCCNc1nc(CC)nc(NCc2ccncn2)c1C. The molecule has 0 fully saturated rings. The van der Waals surface area contributed by atoms with Crippen LogP contribution in [0.2, 0.25) is 0 Å². The summed E-state index contributed by atoms with van der Waals surface area (Å²) in [6.45, 7) is 7.75. The molecule has 0 bridgehead atoms. The minimum atomic E-state index is 0.622. The highest BCUT2D eigenvalue weighted by atomic mass is 15.1. The van der Waals surface area contributed by atoms with E-state index in [4.69, 9.17) is 0 Å². The molecule has 2 aromatic rings. The summed E-state index contributed by atoms with van der Waals surface area (Å²) in [6.07, 6.45) is 5.16. The van der Waals surface area contributed by atoms with Crippen LogP contribution >= 0.6 is 0 Å². The van der Waals surface area contributed by atoms with Gasteiger partial charge in [-0.05, 0) is 19.4 Å². The molecule has 0 aliphatic heterocycles. The lowest BCUT2D eigenvalue weighted by Crippen LogP contribution is -2.12. The van der Waals surface area contributed by atoms with Crippen molar-refractivity contribution in [2.75, 3.05) is 17.2 Å². The molecule has 0 aliphatic carbocycles. The van der Waals surface area contributed by atoms with Crippen LogP contribution in [-0.2, 0) is 13.0 Å². The summed E-state index contributed by atoms with van der Waals surface area (Å²) in [5.41, 5.74) is 1.97. The molecule has 2 aromatic heterocycles. The van der Waals surface area contributed by atoms with Crippen molar-refractivity contribution in [1.82, 2.24) is 19.9 Å². The second-order valence-corrected chi connectivity index (χ2v) is 4.80. The number of rotatable bonds is 7. The molecule has 2 heterocycles. The number of aromatic nitrogens is 4. The Balaban J connectivity index is 2.17. The molecule has 6 nitrogen and oxygen atoms in total. The maximum Gasteiger partial charge on any atom is 0.135 e. The third-order valence-electron chi connectivity index (χ3n) is 3.13. The van der Waals surface area contributed by atoms with Crippen molar-refractivity contribution in [3.05, 3.63) is 35.7 Å². The van der Waals surface area contributed by atoms with Gasteiger partial charge in [0.15, 0.2) is 0 Å². The van der Waals surface area contributed by atoms with Gasteiger partial charge in [0, 0.05) is 24.7 Å². The fourth-order valence-electron chi connectivity index (χ4n) is 1.91. The Bertz CT molecular complexity index is 570. The number of aryl methyl sites for hydroxylation is 1. The van der Waals surface area contributed by atoms with Crippen molar-refractivity contribution in [2.24, 2.45) is 0 Å². The molecule has 0 saturated heterocycles. The first-order valence-corrected chi connectivity index (χ1v) is 7.34. The standard InChI is InChI=1S/C15H22N6/c1-4-7-17-14-11(3)15(21-13(5-2)20-14)18-9-12-6-8-16-10-19-12/h6,8,10H,4-5,7,9H2,1-3H3,(H2,17,18,20,21). The van der Waals surface area contributed by atoms with E-state index >= 15 is 0 Å². The van der Waals surface area contributed by atoms with E-state index in [0.717, 1.165) is 48.1 Å². The third kappa shape index (κ3) is 4.11. The largest absolute Gasteiger partial charge is 0.370 e. The van der Waals surface area contributed by atoms with E-state index in [2.05, 4.69) is 44.4 Å². The first kappa shape index (κ1) is 15.2. The summed E-state index contributed by atoms with van der Waals surface area (Å²) < 4.78 is 0. The summed E-state index contributed by atoms with van der Waals surface area (Å²) in [5, 5.41) is 6.70. The van der Waals surface area contributed by atoms with Gasteiger partial charge in [0.25, 0.3) is 0 Å². The van der Waals surface area contributed by atoms with Gasteiger partial charge < -0.3 is 10.6 Å². The lowest BCUT2D eigenvalue weighted by atomic mass is 10.2. The highest BCUT2D eigenvalue weighted by Crippen LogP contribution is 2.20. The second-order valence-electron chi connectivity index (χ2n) is 4.80. The summed E-state index contributed by atoms with van der Waals surface area (Å²) in [5.74, 6) is 2.61. The Morgan fingerprint density at radius 2 is 1.86 bits per heavy atom. The van der Waals surface area contributed by atoms with Crippen LogP contribution in [-0.4, -0.2) is 26.5 Å². The predicted octanol–water partition coefficient (Wildman–Crippen LogP) is 2.57. The average Bonchev–Trinajstić information content (AvgIpc) is 2.53. The van der Waals surface area contributed by atoms with Crippen LogP contribution in [0.4, 0.5) is 11.6 Å². The van der Waals surface area contributed by atoms with Gasteiger partial charge >= 0.3 is 0 Å². The molecule has 2 N–H and O–H groups in total. The van der Waals surface area contributed by atoms with Gasteiger partial charge in [0.1, 0.15) is 23.8 Å². The molecular formula is C15H22N6. The molecule has 21 heavy (non-hydrogen) atoms. The maximum absolute atomic E-state index is 4.57. The molecule has 112 valence electrons. The molecule has 0 aliphatic rings. The van der Waals surface area contributed by atoms with Crippen LogP contribution in [0, 0.1) is 6.92 Å². The third-order valence-corrected chi connectivity index (χ3v) is 3.13. The van der Waals surface area contributed by atoms with Gasteiger partial charge in [-0.3, -0.25) is 0 Å². The van der Waals surface area contributed by atoms with Gasteiger partial charge in [0.2, 0.25) is 0 Å². The lowest BCUT2D eigenvalue weighted by molar-refractivity contribution is 0.899. The van der Waals surface area contributed by atoms with E-state index in [-0.39, 0.29) is 0 Å². The van der Waals surface area contributed by atoms with Crippen LogP contribution in [0.25, 0.3) is 0 Å². The first-order chi connectivity index (χ1) is 10.2. The van der Waals surface area contributed by atoms with Crippen molar-refractivity contribution in [2.45, 2.75) is 40.2 Å². The molecule has 0 amide bonds. The molecule has 0 aromatic carbocycles. The second kappa shape index (κ2) is 7.52. The van der Waals surface area contributed by atoms with E-state index in [1.54, 1.807) is 12.5 Å². The highest BCUT2D eigenvalue weighted by molar-refractivity contribution is 5.57. The molecule has 2 rings (SSSR count). The summed E-state index contributed by atoms with van der Waals surface area (Å²) in [4.78, 5) is 17.2. The number of nitrogens with zero attached hydrogens (tertiary/aromatic N) is 4. The van der Waals surface area contributed by atoms with Gasteiger partial charge in [-0.25, -0.2) is 19.9 Å². The molecule has 0 atom stereocenters. The molecule has 0 spiro atoms. The smallest absolute Gasteiger partial charge is 0.135 e. The Kier molecular flexibility index (Phi) is 5.43. The Labute approximate surface area is 125 Å². The normalized spacial score (nSPS) is 10.4. The number of hydrogen-bond acceptors (Lipinski definition) is 6. The van der Waals surface area contributed by atoms with Crippen molar-refractivity contribution in [3.63, 3.8) is 0 Å². The summed E-state index contributed by atoms with van der Waals surface area (Å²) in [6, 6.07) is 1.89. The number of nitrogens with one attached hydrogen (secondary N) is 2. The summed E-state index contributed by atoms with van der Waals surface area (Å²) >= 11 is 0. The zero-order valence-electron chi connectivity index (χ0n) is 12.8. The van der Waals surface area contributed by atoms with Crippen molar-refractivity contribution < 1.29 is 0 Å². The quantitative estimate of drug-likeness (QED) is 0.814. The van der Waals surface area contributed by atoms with E-state index in [1.165, 1.54) is 0 Å². The van der Waals surface area contributed by atoms with E-state index in [9.17, 15) is 0 Å². The number of hydrogen-bond donors (Lipinski definition) is 2. The minimum Gasteiger partial charge on any atom is -0.370 e. The maximum atomic E-state index is 4.57. The Morgan fingerprint density at radius 1 is 1.10 bits per heavy atom. The van der Waals surface area contributed by atoms with Crippen LogP contribution in [0.3, 0.4) is 0 Å². The van der Waals surface area contributed by atoms with Crippen LogP contribution in [0.15, 0.2) is 18.6 Å². The van der Waals surface area contributed by atoms with Gasteiger partial charge in [-0.15, -0.1) is 0 Å². The molecule has 6 heteroatoms. The highest BCUT2D eigenvalue weighted by Gasteiger charge is 2.09. The van der Waals surface area contributed by atoms with E-state index in [0.29, 0.717) is 6.54 Å². The topological polar surface area (TPSA) is 75.6 Å². The van der Waals surface area contributed by atoms with E-state index in [1.807, 2.05) is 13.0 Å². The first-order valence-electron chi connectivity index (χ1n) is 7.34. The Morgan fingerprint density at radius 3 is 2.48 bits per heavy atom.